The Labute approximate surface area is 204 Å². The van der Waals surface area contributed by atoms with Gasteiger partial charge < -0.3 is 20.5 Å². The molecule has 1 saturated heterocycles. The minimum Gasteiger partial charge on any atom is -0.502 e. The van der Waals surface area contributed by atoms with Crippen LogP contribution in [0.1, 0.15) is 40.3 Å². The van der Waals surface area contributed by atoms with Crippen molar-refractivity contribution in [1.29, 1.82) is 0 Å². The van der Waals surface area contributed by atoms with Crippen LogP contribution in [0, 0.1) is 11.8 Å². The number of aromatic amines is 1. The maximum absolute atomic E-state index is 11.6. The Morgan fingerprint density at radius 1 is 1.09 bits per heavy atom. The summed E-state index contributed by atoms with van der Waals surface area (Å²) in [6.07, 6.45) is 2.13. The molecule has 4 rings (SSSR count). The van der Waals surface area contributed by atoms with Crippen molar-refractivity contribution >= 4 is 9.84 Å². The molecule has 0 spiro atoms. The molecule has 3 aromatic rings. The lowest BCUT2D eigenvalue weighted by Gasteiger charge is -2.14. The van der Waals surface area contributed by atoms with Crippen LogP contribution in [0.5, 0.6) is 5.75 Å². The number of aromatic hydroxyl groups is 1. The molecule has 1 aliphatic heterocycles. The Morgan fingerprint density at radius 3 is 2.34 bits per heavy atom. The molecule has 2 unspecified atom stereocenters. The third kappa shape index (κ3) is 6.57. The number of aromatic nitrogens is 2. The second-order valence-electron chi connectivity index (χ2n) is 8.66. The minimum atomic E-state index is -2.89. The molecule has 0 bridgehead atoms. The van der Waals surface area contributed by atoms with Crippen molar-refractivity contribution in [2.24, 2.45) is 0 Å². The standard InChI is InChI=1S/C26H27N3O5S/c30-15-22(13-24-25(31)26(32)29-17-28-24)21-9-7-19(8-10-21)2-1-18-3-5-20(6-4-18)14-27-23-11-12-35(33,34)16-23/h3-10,17,22-23,27,30-31H,11-16H2,(H,28,29,32). The summed E-state index contributed by atoms with van der Waals surface area (Å²) < 4.78 is 23.1. The maximum Gasteiger partial charge on any atom is 0.293 e. The number of aliphatic hydroxyl groups is 1. The average Bonchev–Trinajstić information content (AvgIpc) is 3.22. The Kier molecular flexibility index (Phi) is 7.66. The second-order valence-corrected chi connectivity index (χ2v) is 10.9. The highest BCUT2D eigenvalue weighted by atomic mass is 32.2. The van der Waals surface area contributed by atoms with Crippen LogP contribution in [-0.4, -0.2) is 52.8 Å². The van der Waals surface area contributed by atoms with Gasteiger partial charge in [-0.15, -0.1) is 0 Å². The molecule has 0 radical (unpaired) electrons. The predicted octanol–water partition coefficient (Wildman–Crippen LogP) is 1.47. The van der Waals surface area contributed by atoms with Crippen molar-refractivity contribution in [3.63, 3.8) is 0 Å². The fraction of sp³-hybridized carbons (Fsp3) is 0.308. The van der Waals surface area contributed by atoms with Gasteiger partial charge in [0.1, 0.15) is 0 Å². The number of sulfone groups is 1. The lowest BCUT2D eigenvalue weighted by atomic mass is 9.94. The molecule has 9 heteroatoms. The van der Waals surface area contributed by atoms with Crippen molar-refractivity contribution in [3.05, 3.63) is 93.2 Å². The van der Waals surface area contributed by atoms with Crippen LogP contribution in [0.3, 0.4) is 0 Å². The molecule has 8 nitrogen and oxygen atoms in total. The molecule has 2 heterocycles. The molecule has 2 atom stereocenters. The van der Waals surface area contributed by atoms with Crippen molar-refractivity contribution < 1.29 is 18.6 Å². The van der Waals surface area contributed by atoms with Gasteiger partial charge in [-0.2, -0.15) is 0 Å². The third-order valence-corrected chi connectivity index (χ3v) is 7.85. The van der Waals surface area contributed by atoms with Crippen LogP contribution in [0.15, 0.2) is 59.7 Å². The predicted molar refractivity (Wildman–Crippen MR) is 133 cm³/mol. The molecule has 182 valence electrons. The van der Waals surface area contributed by atoms with E-state index in [9.17, 15) is 23.4 Å². The van der Waals surface area contributed by atoms with Crippen molar-refractivity contribution in [1.82, 2.24) is 15.3 Å². The molecule has 0 amide bonds. The first-order valence-corrected chi connectivity index (χ1v) is 13.2. The van der Waals surface area contributed by atoms with E-state index in [0.29, 0.717) is 13.0 Å². The van der Waals surface area contributed by atoms with Gasteiger partial charge in [0.25, 0.3) is 5.56 Å². The maximum atomic E-state index is 11.6. The van der Waals surface area contributed by atoms with E-state index in [1.54, 1.807) is 0 Å². The molecule has 1 aliphatic rings. The minimum absolute atomic E-state index is 0.0187. The van der Waals surface area contributed by atoms with E-state index in [-0.39, 0.29) is 42.2 Å². The van der Waals surface area contributed by atoms with Gasteiger partial charge in [-0.3, -0.25) is 4.79 Å². The van der Waals surface area contributed by atoms with E-state index in [4.69, 9.17) is 0 Å². The number of nitrogens with zero attached hydrogens (tertiary/aromatic N) is 1. The van der Waals surface area contributed by atoms with E-state index in [2.05, 4.69) is 27.1 Å². The molecule has 1 fully saturated rings. The first kappa shape index (κ1) is 24.7. The zero-order valence-corrected chi connectivity index (χ0v) is 19.9. The molecule has 1 aromatic heterocycles. The van der Waals surface area contributed by atoms with Crippen LogP contribution in [-0.2, 0) is 22.8 Å². The Hall–Kier alpha value is -3.45. The smallest absolute Gasteiger partial charge is 0.293 e. The van der Waals surface area contributed by atoms with Crippen molar-refractivity contribution in [2.75, 3.05) is 18.1 Å². The van der Waals surface area contributed by atoms with Crippen molar-refractivity contribution in [2.45, 2.75) is 31.3 Å². The molecule has 35 heavy (non-hydrogen) atoms. The number of nitrogens with one attached hydrogen (secondary N) is 2. The van der Waals surface area contributed by atoms with Gasteiger partial charge in [0.2, 0.25) is 5.75 Å². The fourth-order valence-electron chi connectivity index (χ4n) is 4.01. The highest BCUT2D eigenvalue weighted by Crippen LogP contribution is 2.22. The summed E-state index contributed by atoms with van der Waals surface area (Å²) in [4.78, 5) is 17.9. The number of hydrogen-bond acceptors (Lipinski definition) is 7. The van der Waals surface area contributed by atoms with E-state index in [1.807, 2.05) is 48.5 Å². The van der Waals surface area contributed by atoms with Gasteiger partial charge in [-0.05, 0) is 41.8 Å². The van der Waals surface area contributed by atoms with Gasteiger partial charge >= 0.3 is 0 Å². The zero-order valence-electron chi connectivity index (χ0n) is 19.1. The highest BCUT2D eigenvalue weighted by molar-refractivity contribution is 7.91. The van der Waals surface area contributed by atoms with Crippen molar-refractivity contribution in [3.8, 4) is 17.6 Å². The van der Waals surface area contributed by atoms with Gasteiger partial charge in [0.15, 0.2) is 9.84 Å². The lowest BCUT2D eigenvalue weighted by Crippen LogP contribution is -2.29. The summed E-state index contributed by atoms with van der Waals surface area (Å²) in [5.74, 6) is 5.98. The molecular formula is C26H27N3O5S. The summed E-state index contributed by atoms with van der Waals surface area (Å²) in [6, 6.07) is 15.3. The number of benzene rings is 2. The van der Waals surface area contributed by atoms with E-state index in [1.165, 1.54) is 6.33 Å². The van der Waals surface area contributed by atoms with Crippen LogP contribution < -0.4 is 10.9 Å². The van der Waals surface area contributed by atoms with E-state index in [0.717, 1.165) is 22.3 Å². The largest absolute Gasteiger partial charge is 0.502 e. The van der Waals surface area contributed by atoms with Gasteiger partial charge in [0.05, 0.1) is 30.1 Å². The van der Waals surface area contributed by atoms with Gasteiger partial charge in [-0.1, -0.05) is 36.1 Å². The summed E-state index contributed by atoms with van der Waals surface area (Å²) in [7, 11) is -2.89. The third-order valence-electron chi connectivity index (χ3n) is 6.08. The number of aliphatic hydroxyl groups excluding tert-OH is 1. The first-order valence-electron chi connectivity index (χ1n) is 11.3. The fourth-order valence-corrected chi connectivity index (χ4v) is 5.71. The van der Waals surface area contributed by atoms with Crippen LogP contribution >= 0.6 is 0 Å². The highest BCUT2D eigenvalue weighted by Gasteiger charge is 2.27. The van der Waals surface area contributed by atoms with Gasteiger partial charge in [0, 0.05) is 36.1 Å². The number of hydrogen-bond donors (Lipinski definition) is 4. The topological polar surface area (TPSA) is 132 Å². The average molecular weight is 494 g/mol. The molecular weight excluding hydrogens is 466 g/mol. The van der Waals surface area contributed by atoms with Crippen LogP contribution in [0.25, 0.3) is 0 Å². The molecule has 0 saturated carbocycles. The summed E-state index contributed by atoms with van der Waals surface area (Å²) in [5.41, 5.74) is 3.24. The molecule has 2 aromatic carbocycles. The zero-order chi connectivity index (χ0) is 24.8. The molecule has 0 aliphatic carbocycles. The Morgan fingerprint density at radius 2 is 1.74 bits per heavy atom. The Bertz CT molecular complexity index is 1390. The number of H-pyrrole nitrogens is 1. The summed E-state index contributed by atoms with van der Waals surface area (Å²) in [6.45, 7) is 0.461. The summed E-state index contributed by atoms with van der Waals surface area (Å²) >= 11 is 0. The Balaban J connectivity index is 1.35. The normalized spacial score (nSPS) is 17.5. The first-order chi connectivity index (χ1) is 16.8. The van der Waals surface area contributed by atoms with E-state index < -0.39 is 21.1 Å². The molecule has 4 N–H and O–H groups in total. The van der Waals surface area contributed by atoms with E-state index >= 15 is 0 Å². The summed E-state index contributed by atoms with van der Waals surface area (Å²) in [5, 5.41) is 23.0. The van der Waals surface area contributed by atoms with Crippen LogP contribution in [0.2, 0.25) is 0 Å². The lowest BCUT2D eigenvalue weighted by molar-refractivity contribution is 0.263. The van der Waals surface area contributed by atoms with Gasteiger partial charge in [-0.25, -0.2) is 13.4 Å². The van der Waals surface area contributed by atoms with Crippen LogP contribution in [0.4, 0.5) is 0 Å². The number of rotatable bonds is 7. The monoisotopic (exact) mass is 493 g/mol. The SMILES string of the molecule is O=c1[nH]cnc(CC(CO)c2ccc(C#Cc3ccc(CNC4CCS(=O)(=O)C4)cc3)cc2)c1O. The second kappa shape index (κ2) is 10.9. The quantitative estimate of drug-likeness (QED) is 0.367.